The van der Waals surface area contributed by atoms with Crippen LogP contribution in [0.15, 0.2) is 36.4 Å². The largest absolute Gasteiger partial charge is 0.306 e. The van der Waals surface area contributed by atoms with Crippen molar-refractivity contribution in [1.29, 1.82) is 0 Å². The molecule has 0 aliphatic heterocycles. The average molecular weight is 391 g/mol. The Bertz CT molecular complexity index is 596. The molecule has 0 amide bonds. The van der Waals surface area contributed by atoms with E-state index in [9.17, 15) is 13.2 Å². The van der Waals surface area contributed by atoms with Crippen molar-refractivity contribution in [3.63, 3.8) is 0 Å². The van der Waals surface area contributed by atoms with Gasteiger partial charge in [0.05, 0.1) is 6.04 Å². The Balaban J connectivity index is 2.49. The summed E-state index contributed by atoms with van der Waals surface area (Å²) >= 11 is 2.02. The van der Waals surface area contributed by atoms with Crippen molar-refractivity contribution in [2.75, 3.05) is 6.54 Å². The van der Waals surface area contributed by atoms with Gasteiger partial charge in [0.25, 0.3) is 0 Å². The van der Waals surface area contributed by atoms with E-state index in [2.05, 4.69) is 5.32 Å². The topological polar surface area (TPSA) is 12.0 Å². The summed E-state index contributed by atoms with van der Waals surface area (Å²) in [5, 5.41) is 3.17. The van der Waals surface area contributed by atoms with E-state index in [1.807, 2.05) is 29.5 Å². The second kappa shape index (κ2) is 6.58. The number of benzene rings is 2. The van der Waals surface area contributed by atoms with Crippen molar-refractivity contribution in [2.45, 2.75) is 13.0 Å². The van der Waals surface area contributed by atoms with Crippen molar-refractivity contribution in [2.24, 2.45) is 0 Å². The van der Waals surface area contributed by atoms with E-state index in [0.717, 1.165) is 11.6 Å². The molecule has 1 unspecified atom stereocenters. The Morgan fingerprint density at radius 2 is 1.65 bits per heavy atom. The highest BCUT2D eigenvalue weighted by molar-refractivity contribution is 14.1. The van der Waals surface area contributed by atoms with Gasteiger partial charge in [-0.25, -0.2) is 13.2 Å². The van der Waals surface area contributed by atoms with E-state index in [-0.39, 0.29) is 11.9 Å². The molecule has 0 radical (unpaired) electrons. The number of nitrogens with one attached hydrogen (secondary N) is 1. The first-order chi connectivity index (χ1) is 9.51. The smallest absolute Gasteiger partial charge is 0.126 e. The molecule has 0 aromatic heterocycles. The maximum absolute atomic E-state index is 13.4. The summed E-state index contributed by atoms with van der Waals surface area (Å²) in [4.78, 5) is 0. The molecule has 2 aromatic carbocycles. The van der Waals surface area contributed by atoms with Crippen LogP contribution in [0.3, 0.4) is 0 Å². The minimum atomic E-state index is -0.625. The molecule has 1 nitrogen and oxygen atoms in total. The van der Waals surface area contributed by atoms with Crippen LogP contribution >= 0.6 is 22.6 Å². The summed E-state index contributed by atoms with van der Waals surface area (Å²) in [5.74, 6) is -1.58. The van der Waals surface area contributed by atoms with Gasteiger partial charge in [-0.1, -0.05) is 13.0 Å². The summed E-state index contributed by atoms with van der Waals surface area (Å²) < 4.78 is 40.6. The van der Waals surface area contributed by atoms with Gasteiger partial charge in [0, 0.05) is 9.64 Å². The van der Waals surface area contributed by atoms with Gasteiger partial charge in [0.2, 0.25) is 0 Å². The Morgan fingerprint density at radius 3 is 2.20 bits per heavy atom. The van der Waals surface area contributed by atoms with Crippen LogP contribution in [0.25, 0.3) is 0 Å². The van der Waals surface area contributed by atoms with Crippen molar-refractivity contribution < 1.29 is 13.2 Å². The lowest BCUT2D eigenvalue weighted by atomic mass is 9.98. The molecular formula is C15H13F3IN. The lowest BCUT2D eigenvalue weighted by Crippen LogP contribution is -2.23. The highest BCUT2D eigenvalue weighted by Gasteiger charge is 2.17. The van der Waals surface area contributed by atoms with Gasteiger partial charge < -0.3 is 5.32 Å². The van der Waals surface area contributed by atoms with Gasteiger partial charge >= 0.3 is 0 Å². The molecule has 0 saturated heterocycles. The molecule has 0 aliphatic rings. The van der Waals surface area contributed by atoms with Crippen LogP contribution in [-0.2, 0) is 0 Å². The van der Waals surface area contributed by atoms with E-state index < -0.39 is 11.6 Å². The summed E-state index contributed by atoms with van der Waals surface area (Å²) in [6, 6.07) is 7.41. The first kappa shape index (κ1) is 15.3. The van der Waals surface area contributed by atoms with Crippen molar-refractivity contribution in [1.82, 2.24) is 5.32 Å². The van der Waals surface area contributed by atoms with E-state index in [0.29, 0.717) is 15.7 Å². The Morgan fingerprint density at radius 1 is 1.00 bits per heavy atom. The Kier molecular flexibility index (Phi) is 5.04. The summed E-state index contributed by atoms with van der Waals surface area (Å²) in [6.45, 7) is 2.52. The summed E-state index contributed by atoms with van der Waals surface area (Å²) in [5.41, 5.74) is 1.27. The predicted molar refractivity (Wildman–Crippen MR) is 81.0 cm³/mol. The number of rotatable bonds is 4. The van der Waals surface area contributed by atoms with E-state index >= 15 is 0 Å². The monoisotopic (exact) mass is 391 g/mol. The number of hydrogen-bond acceptors (Lipinski definition) is 1. The van der Waals surface area contributed by atoms with Crippen LogP contribution in [0.1, 0.15) is 24.1 Å². The number of halogens is 4. The van der Waals surface area contributed by atoms with Crippen LogP contribution in [0, 0.1) is 21.0 Å². The average Bonchev–Trinajstić information content (AvgIpc) is 2.35. The van der Waals surface area contributed by atoms with Gasteiger partial charge in [-0.05, 0) is 64.5 Å². The van der Waals surface area contributed by atoms with Gasteiger partial charge in [0.15, 0.2) is 0 Å². The van der Waals surface area contributed by atoms with Gasteiger partial charge in [-0.3, -0.25) is 0 Å². The van der Waals surface area contributed by atoms with Crippen LogP contribution in [0.4, 0.5) is 13.2 Å². The van der Waals surface area contributed by atoms with Crippen LogP contribution < -0.4 is 5.32 Å². The van der Waals surface area contributed by atoms with Gasteiger partial charge in [0.1, 0.15) is 17.5 Å². The first-order valence-electron chi connectivity index (χ1n) is 6.15. The molecular weight excluding hydrogens is 378 g/mol. The molecule has 106 valence electrons. The van der Waals surface area contributed by atoms with Gasteiger partial charge in [-0.15, -0.1) is 0 Å². The molecule has 0 saturated carbocycles. The molecule has 2 aromatic rings. The lowest BCUT2D eigenvalue weighted by molar-refractivity contribution is 0.564. The molecule has 0 bridgehead atoms. The Labute approximate surface area is 129 Å². The SMILES string of the molecule is CCNC(c1cc(F)cc(F)c1)c1ccc(F)cc1I. The highest BCUT2D eigenvalue weighted by atomic mass is 127. The molecule has 1 N–H and O–H groups in total. The fourth-order valence-electron chi connectivity index (χ4n) is 2.09. The fraction of sp³-hybridized carbons (Fsp3) is 0.200. The molecule has 5 heteroatoms. The highest BCUT2D eigenvalue weighted by Crippen LogP contribution is 2.28. The second-order valence-electron chi connectivity index (χ2n) is 4.36. The second-order valence-corrected chi connectivity index (χ2v) is 5.52. The maximum atomic E-state index is 13.4. The molecule has 0 fully saturated rings. The molecule has 0 aliphatic carbocycles. The standard InChI is InChI=1S/C15H13F3IN/c1-2-20-15(9-5-11(17)7-12(18)6-9)13-4-3-10(16)8-14(13)19/h3-8,15,20H,2H2,1H3. The maximum Gasteiger partial charge on any atom is 0.126 e. The van der Waals surface area contributed by atoms with Crippen molar-refractivity contribution >= 4 is 22.6 Å². The van der Waals surface area contributed by atoms with E-state index in [1.54, 1.807) is 6.07 Å². The van der Waals surface area contributed by atoms with E-state index in [1.165, 1.54) is 24.3 Å². The van der Waals surface area contributed by atoms with Crippen LogP contribution in [0.2, 0.25) is 0 Å². The molecule has 20 heavy (non-hydrogen) atoms. The zero-order chi connectivity index (χ0) is 14.7. The minimum absolute atomic E-state index is 0.334. The zero-order valence-electron chi connectivity index (χ0n) is 10.8. The predicted octanol–water partition coefficient (Wildman–Crippen LogP) is 4.41. The number of hydrogen-bond donors (Lipinski definition) is 1. The van der Waals surface area contributed by atoms with Gasteiger partial charge in [-0.2, -0.15) is 0 Å². The fourth-order valence-corrected chi connectivity index (χ4v) is 2.88. The third kappa shape index (κ3) is 3.52. The lowest BCUT2D eigenvalue weighted by Gasteiger charge is -2.20. The summed E-state index contributed by atoms with van der Waals surface area (Å²) in [6.07, 6.45) is 0. The quantitative estimate of drug-likeness (QED) is 0.762. The normalized spacial score (nSPS) is 12.4. The first-order valence-corrected chi connectivity index (χ1v) is 7.23. The van der Waals surface area contributed by atoms with Crippen molar-refractivity contribution in [3.8, 4) is 0 Å². The van der Waals surface area contributed by atoms with Crippen LogP contribution in [-0.4, -0.2) is 6.54 Å². The van der Waals surface area contributed by atoms with Crippen molar-refractivity contribution in [3.05, 3.63) is 68.5 Å². The minimum Gasteiger partial charge on any atom is -0.306 e. The molecule has 2 rings (SSSR count). The third-order valence-corrected chi connectivity index (χ3v) is 3.83. The summed E-state index contributed by atoms with van der Waals surface area (Å²) in [7, 11) is 0. The van der Waals surface area contributed by atoms with E-state index in [4.69, 9.17) is 0 Å². The Hall–Kier alpha value is -1.08. The molecule has 0 spiro atoms. The van der Waals surface area contributed by atoms with Crippen LogP contribution in [0.5, 0.6) is 0 Å². The molecule has 1 atom stereocenters. The molecule has 0 heterocycles. The zero-order valence-corrected chi connectivity index (χ0v) is 12.9. The third-order valence-electron chi connectivity index (χ3n) is 2.90.